The first-order valence-electron chi connectivity index (χ1n) is 6.16. The maximum Gasteiger partial charge on any atom is 0.248 e. The van der Waals surface area contributed by atoms with E-state index in [1.165, 1.54) is 0 Å². The van der Waals surface area contributed by atoms with E-state index in [0.717, 1.165) is 12.0 Å². The second kappa shape index (κ2) is 7.01. The van der Waals surface area contributed by atoms with Crippen molar-refractivity contribution in [2.24, 2.45) is 0 Å². The van der Waals surface area contributed by atoms with Crippen molar-refractivity contribution < 1.29 is 14.6 Å². The Bertz CT molecular complexity index is 375. The molecule has 0 aliphatic rings. The first-order chi connectivity index (χ1) is 8.52. The van der Waals surface area contributed by atoms with Crippen LogP contribution in [0.1, 0.15) is 25.8 Å². The van der Waals surface area contributed by atoms with Crippen molar-refractivity contribution >= 4 is 5.91 Å². The van der Waals surface area contributed by atoms with Crippen molar-refractivity contribution in [3.8, 4) is 5.75 Å². The molecule has 0 bridgehead atoms. The van der Waals surface area contributed by atoms with Gasteiger partial charge in [0.25, 0.3) is 0 Å². The highest BCUT2D eigenvalue weighted by atomic mass is 16.5. The highest BCUT2D eigenvalue weighted by molar-refractivity contribution is 5.77. The molecule has 1 aromatic rings. The van der Waals surface area contributed by atoms with Gasteiger partial charge >= 0.3 is 0 Å². The molecule has 0 spiro atoms. The Morgan fingerprint density at radius 1 is 1.39 bits per heavy atom. The van der Waals surface area contributed by atoms with E-state index in [9.17, 15) is 9.90 Å². The SMILES string of the molecule is CC[C@@H](C)OCC(=O)N(C)Cc1ccc(O)cc1. The van der Waals surface area contributed by atoms with Crippen molar-refractivity contribution in [3.05, 3.63) is 29.8 Å². The van der Waals surface area contributed by atoms with Gasteiger partial charge in [0.15, 0.2) is 0 Å². The number of aromatic hydroxyl groups is 1. The highest BCUT2D eigenvalue weighted by Gasteiger charge is 2.11. The number of amides is 1. The molecule has 0 aliphatic carbocycles. The quantitative estimate of drug-likeness (QED) is 0.843. The number of ether oxygens (including phenoxy) is 1. The minimum Gasteiger partial charge on any atom is -0.508 e. The number of phenols is 1. The molecule has 0 saturated carbocycles. The van der Waals surface area contributed by atoms with Gasteiger partial charge in [-0.05, 0) is 31.0 Å². The van der Waals surface area contributed by atoms with E-state index in [4.69, 9.17) is 4.74 Å². The van der Waals surface area contributed by atoms with Crippen LogP contribution in [-0.2, 0) is 16.1 Å². The Balaban J connectivity index is 2.42. The van der Waals surface area contributed by atoms with Crippen molar-refractivity contribution in [1.82, 2.24) is 4.90 Å². The first kappa shape index (κ1) is 14.5. The number of benzene rings is 1. The van der Waals surface area contributed by atoms with Crippen LogP contribution in [0.25, 0.3) is 0 Å². The van der Waals surface area contributed by atoms with Gasteiger partial charge in [-0.25, -0.2) is 0 Å². The van der Waals surface area contributed by atoms with Gasteiger partial charge < -0.3 is 14.7 Å². The van der Waals surface area contributed by atoms with Crippen LogP contribution in [0.4, 0.5) is 0 Å². The molecule has 18 heavy (non-hydrogen) atoms. The van der Waals surface area contributed by atoms with E-state index in [1.807, 2.05) is 13.8 Å². The molecule has 0 aliphatic heterocycles. The molecule has 0 radical (unpaired) electrons. The molecule has 1 atom stereocenters. The van der Waals surface area contributed by atoms with Crippen molar-refractivity contribution in [2.75, 3.05) is 13.7 Å². The number of nitrogens with zero attached hydrogens (tertiary/aromatic N) is 1. The molecule has 4 heteroatoms. The summed E-state index contributed by atoms with van der Waals surface area (Å²) in [4.78, 5) is 13.4. The zero-order valence-electron chi connectivity index (χ0n) is 11.2. The van der Waals surface area contributed by atoms with E-state index < -0.39 is 0 Å². The minimum absolute atomic E-state index is 0.0385. The van der Waals surface area contributed by atoms with Gasteiger partial charge in [-0.3, -0.25) is 4.79 Å². The minimum atomic E-state index is -0.0385. The molecule has 1 amide bonds. The number of phenolic OH excluding ortho intramolecular Hbond substituents is 1. The van der Waals surface area contributed by atoms with Crippen LogP contribution < -0.4 is 0 Å². The number of carbonyl (C=O) groups excluding carboxylic acids is 1. The van der Waals surface area contributed by atoms with Crippen LogP contribution in [0, 0.1) is 0 Å². The molecule has 0 aromatic heterocycles. The summed E-state index contributed by atoms with van der Waals surface area (Å²) in [5, 5.41) is 9.17. The summed E-state index contributed by atoms with van der Waals surface area (Å²) >= 11 is 0. The Kier molecular flexibility index (Phi) is 5.65. The maximum atomic E-state index is 11.8. The topological polar surface area (TPSA) is 49.8 Å². The maximum absolute atomic E-state index is 11.8. The summed E-state index contributed by atoms with van der Waals surface area (Å²) in [7, 11) is 1.75. The van der Waals surface area contributed by atoms with E-state index in [2.05, 4.69) is 0 Å². The number of rotatable bonds is 6. The molecule has 1 rings (SSSR count). The lowest BCUT2D eigenvalue weighted by atomic mass is 10.2. The summed E-state index contributed by atoms with van der Waals surface area (Å²) in [5.74, 6) is 0.191. The van der Waals surface area contributed by atoms with Gasteiger partial charge in [0.1, 0.15) is 12.4 Å². The second-order valence-corrected chi connectivity index (χ2v) is 4.45. The molecule has 0 unspecified atom stereocenters. The molecular weight excluding hydrogens is 230 g/mol. The zero-order chi connectivity index (χ0) is 13.5. The smallest absolute Gasteiger partial charge is 0.248 e. The summed E-state index contributed by atoms with van der Waals surface area (Å²) in [5.41, 5.74) is 0.979. The lowest BCUT2D eigenvalue weighted by Crippen LogP contribution is -2.31. The van der Waals surface area contributed by atoms with Gasteiger partial charge in [-0.1, -0.05) is 19.1 Å². The number of likely N-dealkylation sites (N-methyl/N-ethyl adjacent to an activating group) is 1. The third-order valence-electron chi connectivity index (χ3n) is 2.85. The van der Waals surface area contributed by atoms with Crippen LogP contribution >= 0.6 is 0 Å². The lowest BCUT2D eigenvalue weighted by Gasteiger charge is -2.18. The normalized spacial score (nSPS) is 12.2. The highest BCUT2D eigenvalue weighted by Crippen LogP contribution is 2.11. The number of hydrogen-bond acceptors (Lipinski definition) is 3. The van der Waals surface area contributed by atoms with Crippen molar-refractivity contribution in [2.45, 2.75) is 32.9 Å². The Morgan fingerprint density at radius 2 is 2.00 bits per heavy atom. The standard InChI is InChI=1S/C14H21NO3/c1-4-11(2)18-10-14(17)15(3)9-12-5-7-13(16)8-6-12/h5-8,11,16H,4,9-10H2,1-3H3/t11-/m1/s1. The fourth-order valence-electron chi connectivity index (χ4n) is 1.40. The molecule has 1 N–H and O–H groups in total. The predicted molar refractivity (Wildman–Crippen MR) is 70.3 cm³/mol. The van der Waals surface area contributed by atoms with Crippen LogP contribution in [0.5, 0.6) is 5.75 Å². The second-order valence-electron chi connectivity index (χ2n) is 4.45. The molecule has 0 heterocycles. The first-order valence-corrected chi connectivity index (χ1v) is 6.16. The third kappa shape index (κ3) is 4.75. The van der Waals surface area contributed by atoms with Crippen LogP contribution in [0.2, 0.25) is 0 Å². The number of carbonyl (C=O) groups is 1. The molecule has 1 aromatic carbocycles. The van der Waals surface area contributed by atoms with Crippen LogP contribution in [0.15, 0.2) is 24.3 Å². The van der Waals surface area contributed by atoms with Crippen LogP contribution in [-0.4, -0.2) is 35.7 Å². The predicted octanol–water partition coefficient (Wildman–Crippen LogP) is 2.17. The summed E-state index contributed by atoms with van der Waals surface area (Å²) < 4.78 is 5.40. The fraction of sp³-hybridized carbons (Fsp3) is 0.500. The largest absolute Gasteiger partial charge is 0.508 e. The average Bonchev–Trinajstić information content (AvgIpc) is 2.38. The van der Waals surface area contributed by atoms with Crippen molar-refractivity contribution in [1.29, 1.82) is 0 Å². The molecule has 0 saturated heterocycles. The number of hydrogen-bond donors (Lipinski definition) is 1. The third-order valence-corrected chi connectivity index (χ3v) is 2.85. The lowest BCUT2D eigenvalue weighted by molar-refractivity contribution is -0.137. The van der Waals surface area contributed by atoms with Gasteiger partial charge in [0.2, 0.25) is 5.91 Å². The van der Waals surface area contributed by atoms with E-state index in [-0.39, 0.29) is 24.4 Å². The van der Waals surface area contributed by atoms with Crippen LogP contribution in [0.3, 0.4) is 0 Å². The summed E-state index contributed by atoms with van der Waals surface area (Å²) in [6.07, 6.45) is 1.01. The Hall–Kier alpha value is -1.55. The fourth-order valence-corrected chi connectivity index (χ4v) is 1.40. The van der Waals surface area contributed by atoms with E-state index in [1.54, 1.807) is 36.2 Å². The Morgan fingerprint density at radius 3 is 2.56 bits per heavy atom. The van der Waals surface area contributed by atoms with E-state index in [0.29, 0.717) is 6.54 Å². The Labute approximate surface area is 108 Å². The van der Waals surface area contributed by atoms with E-state index >= 15 is 0 Å². The monoisotopic (exact) mass is 251 g/mol. The summed E-state index contributed by atoms with van der Waals surface area (Å²) in [6.45, 7) is 4.61. The van der Waals surface area contributed by atoms with Gasteiger partial charge in [0, 0.05) is 13.6 Å². The molecule has 0 fully saturated rings. The average molecular weight is 251 g/mol. The zero-order valence-corrected chi connectivity index (χ0v) is 11.2. The summed E-state index contributed by atoms with van der Waals surface area (Å²) in [6, 6.07) is 6.83. The molecule has 100 valence electrons. The van der Waals surface area contributed by atoms with Gasteiger partial charge in [-0.15, -0.1) is 0 Å². The van der Waals surface area contributed by atoms with Gasteiger partial charge in [-0.2, -0.15) is 0 Å². The van der Waals surface area contributed by atoms with Gasteiger partial charge in [0.05, 0.1) is 6.10 Å². The van der Waals surface area contributed by atoms with Crippen molar-refractivity contribution in [3.63, 3.8) is 0 Å². The molecular formula is C14H21NO3. The molecule has 4 nitrogen and oxygen atoms in total.